The molecule has 1 aliphatic rings. The van der Waals surface area contributed by atoms with Crippen molar-refractivity contribution in [3.8, 4) is 0 Å². The summed E-state index contributed by atoms with van der Waals surface area (Å²) in [5.74, 6) is 0.689. The van der Waals surface area contributed by atoms with E-state index in [1.807, 2.05) is 12.2 Å². The first-order chi connectivity index (χ1) is 15.7. The van der Waals surface area contributed by atoms with E-state index >= 15 is 0 Å². The Morgan fingerprint density at radius 2 is 1.24 bits per heavy atom. The number of rotatable bonds is 13. The van der Waals surface area contributed by atoms with Gasteiger partial charge in [-0.05, 0) is 32.1 Å². The molecular formula is C26H50ClKO6. The minimum absolute atomic E-state index is 0. The van der Waals surface area contributed by atoms with Gasteiger partial charge in [0.05, 0.1) is 0 Å². The van der Waals surface area contributed by atoms with Crippen LogP contribution in [0.5, 0.6) is 0 Å². The van der Waals surface area contributed by atoms with Crippen LogP contribution >= 0.6 is 11.6 Å². The predicted octanol–water partition coefficient (Wildman–Crippen LogP) is 2.64. The molecule has 8 heteroatoms. The Labute approximate surface area is 257 Å². The van der Waals surface area contributed by atoms with Crippen molar-refractivity contribution in [3.63, 3.8) is 0 Å². The largest absolute Gasteiger partial charge is 1.00 e. The molecule has 0 radical (unpaired) electrons. The summed E-state index contributed by atoms with van der Waals surface area (Å²) in [5.41, 5.74) is -0.750. The first-order valence-electron chi connectivity index (χ1n) is 11.6. The Morgan fingerprint density at radius 1 is 0.853 bits per heavy atom. The van der Waals surface area contributed by atoms with E-state index in [0.717, 1.165) is 45.3 Å². The molecule has 0 atom stereocenters. The SMILES string of the molecule is C1CCOC1.C=C/C=C\CCC(OC)OC.CC(C)(C)[O-].COC(CC/C=C\CCCl)OC.[K+]. The minimum atomic E-state index is -0.750. The third-order valence-electron chi connectivity index (χ3n) is 3.73. The molecule has 0 bridgehead atoms. The topological polar surface area (TPSA) is 69.2 Å². The van der Waals surface area contributed by atoms with Gasteiger partial charge < -0.3 is 28.8 Å². The molecule has 0 unspecified atom stereocenters. The fraction of sp³-hybridized carbons (Fsp3) is 0.769. The van der Waals surface area contributed by atoms with Crippen molar-refractivity contribution >= 4 is 11.6 Å². The van der Waals surface area contributed by atoms with Crippen molar-refractivity contribution in [1.29, 1.82) is 0 Å². The second-order valence-corrected chi connectivity index (χ2v) is 8.38. The van der Waals surface area contributed by atoms with Gasteiger partial charge in [-0.3, -0.25) is 0 Å². The molecule has 1 aliphatic heterocycles. The van der Waals surface area contributed by atoms with Crippen molar-refractivity contribution in [1.82, 2.24) is 0 Å². The molecule has 1 rings (SSSR count). The monoisotopic (exact) mass is 532 g/mol. The molecule has 0 saturated carbocycles. The summed E-state index contributed by atoms with van der Waals surface area (Å²) in [6.45, 7) is 10.5. The number of halogens is 1. The van der Waals surface area contributed by atoms with E-state index in [9.17, 15) is 5.11 Å². The normalized spacial score (nSPS) is 13.0. The molecule has 0 N–H and O–H groups in total. The molecule has 0 aromatic carbocycles. The van der Waals surface area contributed by atoms with E-state index in [-0.39, 0.29) is 64.0 Å². The average molecular weight is 533 g/mol. The fourth-order valence-corrected chi connectivity index (χ4v) is 2.26. The molecular weight excluding hydrogens is 483 g/mol. The maximum atomic E-state index is 10.1. The number of hydrogen-bond donors (Lipinski definition) is 0. The maximum absolute atomic E-state index is 10.1. The van der Waals surface area contributed by atoms with Crippen LogP contribution in [0, 0.1) is 0 Å². The van der Waals surface area contributed by atoms with Gasteiger partial charge in [0, 0.05) is 60.4 Å². The smallest absolute Gasteiger partial charge is 0.850 e. The van der Waals surface area contributed by atoms with Crippen LogP contribution in [0.4, 0.5) is 0 Å². The molecule has 0 aliphatic carbocycles. The Morgan fingerprint density at radius 3 is 1.53 bits per heavy atom. The molecule has 1 fully saturated rings. The summed E-state index contributed by atoms with van der Waals surface area (Å²) in [4.78, 5) is 0. The first kappa shape index (κ1) is 42.0. The first-order valence-corrected chi connectivity index (χ1v) is 12.1. The van der Waals surface area contributed by atoms with Gasteiger partial charge in [-0.15, -0.1) is 17.2 Å². The van der Waals surface area contributed by atoms with Gasteiger partial charge in [0.2, 0.25) is 0 Å². The zero-order chi connectivity index (χ0) is 25.8. The summed E-state index contributed by atoms with van der Waals surface area (Å²) >= 11 is 5.50. The molecule has 0 amide bonds. The van der Waals surface area contributed by atoms with Gasteiger partial charge in [0.15, 0.2) is 12.6 Å². The number of methoxy groups -OCH3 is 4. The van der Waals surface area contributed by atoms with Crippen molar-refractivity contribution in [2.45, 2.75) is 83.9 Å². The number of alkyl halides is 1. The quantitative estimate of drug-likeness (QED) is 0.119. The predicted molar refractivity (Wildman–Crippen MR) is 138 cm³/mol. The van der Waals surface area contributed by atoms with Crippen molar-refractivity contribution < 1.29 is 80.2 Å². The van der Waals surface area contributed by atoms with E-state index in [1.54, 1.807) is 55.3 Å². The van der Waals surface area contributed by atoms with Gasteiger partial charge in [0.1, 0.15) is 0 Å². The van der Waals surface area contributed by atoms with E-state index in [1.165, 1.54) is 12.8 Å². The zero-order valence-corrected chi connectivity index (χ0v) is 27.0. The van der Waals surface area contributed by atoms with Crippen LogP contribution in [0.3, 0.4) is 0 Å². The summed E-state index contributed by atoms with van der Waals surface area (Å²) in [5, 5.41) is 10.1. The van der Waals surface area contributed by atoms with Crippen LogP contribution in [0.2, 0.25) is 0 Å². The van der Waals surface area contributed by atoms with E-state index in [4.69, 9.17) is 35.3 Å². The number of allylic oxidation sites excluding steroid dienone is 5. The van der Waals surface area contributed by atoms with Gasteiger partial charge in [0.25, 0.3) is 0 Å². The number of hydrogen-bond acceptors (Lipinski definition) is 6. The van der Waals surface area contributed by atoms with E-state index in [0.29, 0.717) is 5.88 Å². The van der Waals surface area contributed by atoms with Crippen LogP contribution in [0.15, 0.2) is 37.0 Å². The molecule has 0 spiro atoms. The second-order valence-electron chi connectivity index (χ2n) is 8.00. The zero-order valence-electron chi connectivity index (χ0n) is 23.1. The van der Waals surface area contributed by atoms with Gasteiger partial charge in [-0.2, -0.15) is 0 Å². The maximum Gasteiger partial charge on any atom is 1.00 e. The molecule has 198 valence electrons. The standard InChI is InChI=1S/C9H17ClO2.C9H16O2.C4H8O.C4H9O.K/c1-11-9(12-2)7-5-3-4-6-8-10;1-4-5-6-7-8-9(10-2)11-3;1-2-4-5-3-1;1-4(2,3)5;/h3-4,9H,5-8H2,1-2H3;4-6,9H,1,7-8H2,2-3H3;1-4H2;1-3H3;/q;;;-1;+1/b4-3-;6-5-;;;. The Bertz CT molecular complexity index is 416. The van der Waals surface area contributed by atoms with Gasteiger partial charge in [-0.25, -0.2) is 0 Å². The third-order valence-corrected chi connectivity index (χ3v) is 3.95. The summed E-state index contributed by atoms with van der Waals surface area (Å²) in [7, 11) is 6.59. The Hall–Kier alpha value is 0.906. The van der Waals surface area contributed by atoms with Crippen LogP contribution < -0.4 is 56.5 Å². The summed E-state index contributed by atoms with van der Waals surface area (Å²) < 4.78 is 25.0. The van der Waals surface area contributed by atoms with Crippen LogP contribution in [0.25, 0.3) is 0 Å². The molecule has 6 nitrogen and oxygen atoms in total. The average Bonchev–Trinajstić information content (AvgIpc) is 3.36. The van der Waals surface area contributed by atoms with Gasteiger partial charge in [-0.1, -0.05) is 57.7 Å². The van der Waals surface area contributed by atoms with Crippen LogP contribution in [-0.4, -0.2) is 65.7 Å². The second kappa shape index (κ2) is 33.9. The molecule has 1 saturated heterocycles. The fourth-order valence-electron chi connectivity index (χ4n) is 2.13. The third kappa shape index (κ3) is 46.3. The van der Waals surface area contributed by atoms with Crippen molar-refractivity contribution in [2.24, 2.45) is 0 Å². The van der Waals surface area contributed by atoms with E-state index in [2.05, 4.69) is 18.7 Å². The van der Waals surface area contributed by atoms with Crippen molar-refractivity contribution in [3.05, 3.63) is 37.0 Å². The molecule has 0 aromatic rings. The van der Waals surface area contributed by atoms with E-state index < -0.39 is 5.60 Å². The van der Waals surface area contributed by atoms with Crippen molar-refractivity contribution in [2.75, 3.05) is 47.5 Å². The summed E-state index contributed by atoms with van der Waals surface area (Å²) in [6, 6.07) is 0. The van der Waals surface area contributed by atoms with Crippen LogP contribution in [0.1, 0.15) is 65.7 Å². The molecule has 1 heterocycles. The number of ether oxygens (including phenoxy) is 5. The van der Waals surface area contributed by atoms with Crippen LogP contribution in [-0.2, 0) is 23.7 Å². The van der Waals surface area contributed by atoms with Gasteiger partial charge >= 0.3 is 51.4 Å². The molecule has 34 heavy (non-hydrogen) atoms. The summed E-state index contributed by atoms with van der Waals surface area (Å²) in [6.07, 6.45) is 16.9. The molecule has 0 aromatic heterocycles. The Kier molecular flexibility index (Phi) is 41.9. The Balaban J connectivity index is -0.000000187. The minimum Gasteiger partial charge on any atom is -0.850 e.